The van der Waals surface area contributed by atoms with E-state index in [0.717, 1.165) is 12.1 Å². The molecule has 0 saturated heterocycles. The van der Waals surface area contributed by atoms with E-state index in [1.807, 2.05) is 13.8 Å². The molecule has 0 unspecified atom stereocenters. The predicted octanol–water partition coefficient (Wildman–Crippen LogP) is 3.43. The Bertz CT molecular complexity index is 817. The lowest BCUT2D eigenvalue weighted by Crippen LogP contribution is -2.14. The van der Waals surface area contributed by atoms with Gasteiger partial charge in [0.2, 0.25) is 0 Å². The van der Waals surface area contributed by atoms with Gasteiger partial charge in [-0.3, -0.25) is 14.8 Å². The maximum absolute atomic E-state index is 12.4. The minimum atomic E-state index is -3.87. The van der Waals surface area contributed by atoms with E-state index < -0.39 is 14.9 Å². The van der Waals surface area contributed by atoms with Crippen molar-refractivity contribution in [2.75, 3.05) is 11.3 Å². The molecule has 0 fully saturated rings. The first-order valence-corrected chi connectivity index (χ1v) is 8.77. The van der Waals surface area contributed by atoms with E-state index in [-0.39, 0.29) is 10.6 Å². The minimum Gasteiger partial charge on any atom is -0.491 e. The SMILES string of the molecule is CC(C)COc1ccccc1NS(=O)(=O)c1ccc([N+](=O)[O-])cc1. The van der Waals surface area contributed by atoms with Crippen LogP contribution in [0.5, 0.6) is 5.75 Å². The van der Waals surface area contributed by atoms with E-state index in [4.69, 9.17) is 4.74 Å². The van der Waals surface area contributed by atoms with Crippen LogP contribution in [0.25, 0.3) is 0 Å². The van der Waals surface area contributed by atoms with Crippen LogP contribution in [0.3, 0.4) is 0 Å². The number of ether oxygens (including phenoxy) is 1. The van der Waals surface area contributed by atoms with Crippen LogP contribution in [0, 0.1) is 16.0 Å². The molecule has 0 aliphatic carbocycles. The van der Waals surface area contributed by atoms with Gasteiger partial charge in [-0.25, -0.2) is 8.42 Å². The Morgan fingerprint density at radius 3 is 2.33 bits per heavy atom. The normalized spacial score (nSPS) is 11.3. The van der Waals surface area contributed by atoms with Gasteiger partial charge in [-0.1, -0.05) is 26.0 Å². The third-order valence-corrected chi connectivity index (χ3v) is 4.44. The number of non-ortho nitro benzene ring substituents is 1. The van der Waals surface area contributed by atoms with Gasteiger partial charge >= 0.3 is 0 Å². The van der Waals surface area contributed by atoms with Crippen molar-refractivity contribution in [1.29, 1.82) is 0 Å². The number of nitro benzene ring substituents is 1. The smallest absolute Gasteiger partial charge is 0.269 e. The third-order valence-electron chi connectivity index (χ3n) is 3.06. The van der Waals surface area contributed by atoms with Crippen molar-refractivity contribution in [2.45, 2.75) is 18.7 Å². The van der Waals surface area contributed by atoms with Gasteiger partial charge in [-0.15, -0.1) is 0 Å². The number of sulfonamides is 1. The summed E-state index contributed by atoms with van der Waals surface area (Å²) in [5.41, 5.74) is 0.145. The summed E-state index contributed by atoms with van der Waals surface area (Å²) in [7, 11) is -3.87. The maximum Gasteiger partial charge on any atom is 0.269 e. The Morgan fingerprint density at radius 1 is 1.12 bits per heavy atom. The zero-order valence-electron chi connectivity index (χ0n) is 13.3. The van der Waals surface area contributed by atoms with E-state index >= 15 is 0 Å². The standard InChI is InChI=1S/C16H18N2O5S/c1-12(2)11-23-16-6-4-3-5-15(16)17-24(21,22)14-9-7-13(8-10-14)18(19)20/h3-10,12,17H,11H2,1-2H3. The summed E-state index contributed by atoms with van der Waals surface area (Å²) in [6.07, 6.45) is 0. The average Bonchev–Trinajstić information content (AvgIpc) is 2.53. The fraction of sp³-hybridized carbons (Fsp3) is 0.250. The van der Waals surface area contributed by atoms with Crippen molar-refractivity contribution in [3.63, 3.8) is 0 Å². The highest BCUT2D eigenvalue weighted by atomic mass is 32.2. The molecular formula is C16H18N2O5S. The van der Waals surface area contributed by atoms with Gasteiger partial charge in [0.1, 0.15) is 5.75 Å². The summed E-state index contributed by atoms with van der Waals surface area (Å²) < 4.78 is 32.9. The molecule has 0 spiro atoms. The Balaban J connectivity index is 2.24. The maximum atomic E-state index is 12.4. The topological polar surface area (TPSA) is 98.5 Å². The first-order chi connectivity index (χ1) is 11.3. The van der Waals surface area contributed by atoms with E-state index in [9.17, 15) is 18.5 Å². The van der Waals surface area contributed by atoms with E-state index in [0.29, 0.717) is 24.0 Å². The van der Waals surface area contributed by atoms with Crippen molar-refractivity contribution < 1.29 is 18.1 Å². The minimum absolute atomic E-state index is 0.0632. The highest BCUT2D eigenvalue weighted by Crippen LogP contribution is 2.27. The molecule has 0 radical (unpaired) electrons. The Hall–Kier alpha value is -2.61. The molecule has 0 atom stereocenters. The summed E-state index contributed by atoms with van der Waals surface area (Å²) in [5, 5.41) is 10.6. The molecular weight excluding hydrogens is 332 g/mol. The molecule has 0 amide bonds. The van der Waals surface area contributed by atoms with Crippen LogP contribution in [0.2, 0.25) is 0 Å². The molecule has 0 aromatic heterocycles. The van der Waals surface area contributed by atoms with Crippen molar-refractivity contribution in [1.82, 2.24) is 0 Å². The quantitative estimate of drug-likeness (QED) is 0.609. The van der Waals surface area contributed by atoms with Gasteiger partial charge in [0.15, 0.2) is 0 Å². The molecule has 128 valence electrons. The molecule has 2 aromatic rings. The number of benzene rings is 2. The number of hydrogen-bond donors (Lipinski definition) is 1. The highest BCUT2D eigenvalue weighted by Gasteiger charge is 2.18. The predicted molar refractivity (Wildman–Crippen MR) is 90.7 cm³/mol. The van der Waals surface area contributed by atoms with Crippen LogP contribution in [0.15, 0.2) is 53.4 Å². The van der Waals surface area contributed by atoms with Gasteiger partial charge in [0, 0.05) is 12.1 Å². The number of anilines is 1. The molecule has 7 nitrogen and oxygen atoms in total. The Labute approximate surface area is 140 Å². The molecule has 1 N–H and O–H groups in total. The van der Waals surface area contributed by atoms with Crippen LogP contribution >= 0.6 is 0 Å². The molecule has 0 aliphatic rings. The second-order valence-corrected chi connectivity index (χ2v) is 7.24. The van der Waals surface area contributed by atoms with Crippen LogP contribution in [0.4, 0.5) is 11.4 Å². The van der Waals surface area contributed by atoms with Crippen LogP contribution in [-0.4, -0.2) is 19.9 Å². The zero-order valence-corrected chi connectivity index (χ0v) is 14.1. The van der Waals surface area contributed by atoms with E-state index in [1.54, 1.807) is 24.3 Å². The van der Waals surface area contributed by atoms with Crippen LogP contribution in [-0.2, 0) is 10.0 Å². The van der Waals surface area contributed by atoms with Crippen molar-refractivity contribution in [2.24, 2.45) is 5.92 Å². The molecule has 2 rings (SSSR count). The van der Waals surface area contributed by atoms with Gasteiger partial charge in [-0.2, -0.15) is 0 Å². The fourth-order valence-corrected chi connectivity index (χ4v) is 2.95. The van der Waals surface area contributed by atoms with Gasteiger partial charge in [0.05, 0.1) is 22.1 Å². The van der Waals surface area contributed by atoms with Crippen molar-refractivity contribution >= 4 is 21.4 Å². The number of hydrogen-bond acceptors (Lipinski definition) is 5. The van der Waals surface area contributed by atoms with Crippen molar-refractivity contribution in [3.8, 4) is 5.75 Å². The van der Waals surface area contributed by atoms with Gasteiger partial charge in [-0.05, 0) is 30.2 Å². The summed E-state index contributed by atoms with van der Waals surface area (Å²) in [6, 6.07) is 11.4. The number of nitro groups is 1. The summed E-state index contributed by atoms with van der Waals surface area (Å²) >= 11 is 0. The van der Waals surface area contributed by atoms with Gasteiger partial charge in [0.25, 0.3) is 15.7 Å². The average molecular weight is 350 g/mol. The van der Waals surface area contributed by atoms with Gasteiger partial charge < -0.3 is 4.74 Å². The number of nitrogens with one attached hydrogen (secondary N) is 1. The van der Waals surface area contributed by atoms with E-state index in [1.165, 1.54) is 12.1 Å². The summed E-state index contributed by atoms with van der Waals surface area (Å²) in [4.78, 5) is 10.0. The van der Waals surface area contributed by atoms with Crippen molar-refractivity contribution in [3.05, 3.63) is 58.6 Å². The molecule has 0 bridgehead atoms. The largest absolute Gasteiger partial charge is 0.491 e. The lowest BCUT2D eigenvalue weighted by Gasteiger charge is -2.14. The molecule has 0 heterocycles. The molecule has 24 heavy (non-hydrogen) atoms. The summed E-state index contributed by atoms with van der Waals surface area (Å²) in [6.45, 7) is 4.43. The number of rotatable bonds is 7. The molecule has 0 aliphatic heterocycles. The summed E-state index contributed by atoms with van der Waals surface area (Å²) in [5.74, 6) is 0.723. The Kier molecular flexibility index (Phi) is 5.40. The number of para-hydroxylation sites is 2. The molecule has 2 aromatic carbocycles. The lowest BCUT2D eigenvalue weighted by molar-refractivity contribution is -0.384. The first-order valence-electron chi connectivity index (χ1n) is 7.28. The fourth-order valence-electron chi connectivity index (χ4n) is 1.88. The second-order valence-electron chi connectivity index (χ2n) is 5.56. The first kappa shape index (κ1) is 17.7. The van der Waals surface area contributed by atoms with Crippen LogP contribution in [0.1, 0.15) is 13.8 Å². The lowest BCUT2D eigenvalue weighted by atomic mass is 10.2. The Morgan fingerprint density at radius 2 is 1.75 bits per heavy atom. The molecule has 0 saturated carbocycles. The van der Waals surface area contributed by atoms with Crippen LogP contribution < -0.4 is 9.46 Å². The zero-order chi connectivity index (χ0) is 17.7. The number of nitrogens with zero attached hydrogens (tertiary/aromatic N) is 1. The highest BCUT2D eigenvalue weighted by molar-refractivity contribution is 7.92. The monoisotopic (exact) mass is 350 g/mol. The third kappa shape index (κ3) is 4.45. The van der Waals surface area contributed by atoms with E-state index in [2.05, 4.69) is 4.72 Å². The second kappa shape index (κ2) is 7.31. The molecule has 8 heteroatoms.